The summed E-state index contributed by atoms with van der Waals surface area (Å²) in [5.74, 6) is -2.94. The Morgan fingerprint density at radius 1 is 1.09 bits per heavy atom. The number of carbonyl (C=O) groups is 1. The fourth-order valence-electron chi connectivity index (χ4n) is 1.82. The highest BCUT2D eigenvalue weighted by Crippen LogP contribution is 2.32. The Labute approximate surface area is 140 Å². The van der Waals surface area contributed by atoms with Crippen LogP contribution in [0.5, 0.6) is 0 Å². The number of anilines is 1. The zero-order valence-electron chi connectivity index (χ0n) is 11.2. The highest BCUT2D eigenvalue weighted by molar-refractivity contribution is 7.99. The molecule has 2 aromatic carbocycles. The Morgan fingerprint density at radius 2 is 1.73 bits per heavy atom. The van der Waals surface area contributed by atoms with Crippen LogP contribution in [-0.4, -0.2) is 11.7 Å². The van der Waals surface area contributed by atoms with Gasteiger partial charge in [-0.2, -0.15) is 8.78 Å². The van der Waals surface area contributed by atoms with Gasteiger partial charge in [-0.1, -0.05) is 53.2 Å². The van der Waals surface area contributed by atoms with E-state index < -0.39 is 5.76 Å². The minimum atomic E-state index is -2.56. The Kier molecular flexibility index (Phi) is 6.06. The van der Waals surface area contributed by atoms with E-state index in [9.17, 15) is 13.6 Å². The van der Waals surface area contributed by atoms with Gasteiger partial charge in [-0.15, -0.1) is 0 Å². The molecule has 0 aromatic heterocycles. The lowest BCUT2D eigenvalue weighted by Crippen LogP contribution is -2.15. The van der Waals surface area contributed by atoms with Gasteiger partial charge in [-0.05, 0) is 29.8 Å². The van der Waals surface area contributed by atoms with Crippen LogP contribution in [0.1, 0.15) is 5.56 Å². The molecule has 0 fully saturated rings. The molecule has 22 heavy (non-hydrogen) atoms. The van der Waals surface area contributed by atoms with Crippen LogP contribution in [0.2, 0.25) is 10.0 Å². The van der Waals surface area contributed by atoms with Crippen molar-refractivity contribution in [3.05, 3.63) is 58.1 Å². The van der Waals surface area contributed by atoms with Crippen molar-refractivity contribution in [2.24, 2.45) is 0 Å². The molecule has 0 aliphatic carbocycles. The average Bonchev–Trinajstić information content (AvgIpc) is 2.45. The van der Waals surface area contributed by atoms with E-state index in [1.165, 1.54) is 6.07 Å². The van der Waals surface area contributed by atoms with E-state index in [4.69, 9.17) is 23.2 Å². The van der Waals surface area contributed by atoms with Crippen LogP contribution >= 0.6 is 35.0 Å². The lowest BCUT2D eigenvalue weighted by atomic mass is 10.1. The van der Waals surface area contributed by atoms with Gasteiger partial charge in [0.2, 0.25) is 5.91 Å². The molecule has 2 nitrogen and oxygen atoms in total. The van der Waals surface area contributed by atoms with Gasteiger partial charge in [-0.25, -0.2) is 0 Å². The molecule has 0 aliphatic rings. The first-order valence-electron chi connectivity index (χ1n) is 6.24. The first kappa shape index (κ1) is 17.1. The van der Waals surface area contributed by atoms with Crippen LogP contribution in [0.3, 0.4) is 0 Å². The van der Waals surface area contributed by atoms with E-state index in [1.54, 1.807) is 36.4 Å². The molecule has 0 saturated heterocycles. The number of benzene rings is 2. The average molecular weight is 362 g/mol. The predicted molar refractivity (Wildman–Crippen MR) is 87.1 cm³/mol. The Balaban J connectivity index is 2.13. The van der Waals surface area contributed by atoms with Crippen molar-refractivity contribution in [2.75, 3.05) is 5.32 Å². The zero-order valence-corrected chi connectivity index (χ0v) is 13.5. The molecule has 0 aliphatic heterocycles. The largest absolute Gasteiger partial charge is 0.325 e. The van der Waals surface area contributed by atoms with Crippen LogP contribution in [0.4, 0.5) is 14.5 Å². The molecule has 2 rings (SSSR count). The van der Waals surface area contributed by atoms with Crippen molar-refractivity contribution in [3.8, 4) is 0 Å². The molecular formula is C15H11Cl2F2NOS. The molecule has 1 amide bonds. The molecule has 0 radical (unpaired) electrons. The van der Waals surface area contributed by atoms with E-state index in [2.05, 4.69) is 5.32 Å². The maximum atomic E-state index is 12.5. The molecule has 0 saturated carbocycles. The summed E-state index contributed by atoms with van der Waals surface area (Å²) in [7, 11) is 0. The maximum absolute atomic E-state index is 12.5. The predicted octanol–water partition coefficient (Wildman–Crippen LogP) is 5.49. The van der Waals surface area contributed by atoms with Crippen LogP contribution in [0.25, 0.3) is 0 Å². The SMILES string of the molecule is O=C(Cc1c(Cl)cccc1Cl)Nc1ccccc1SC(F)F. The van der Waals surface area contributed by atoms with Crippen molar-refractivity contribution in [3.63, 3.8) is 0 Å². The van der Waals surface area contributed by atoms with E-state index in [0.717, 1.165) is 0 Å². The Hall–Kier alpha value is -1.30. The van der Waals surface area contributed by atoms with Gasteiger partial charge < -0.3 is 5.32 Å². The molecular weight excluding hydrogens is 351 g/mol. The number of amides is 1. The quantitative estimate of drug-likeness (QED) is 0.713. The lowest BCUT2D eigenvalue weighted by Gasteiger charge is -2.11. The highest BCUT2D eigenvalue weighted by atomic mass is 35.5. The summed E-state index contributed by atoms with van der Waals surface area (Å²) in [6.07, 6.45) is -0.0355. The van der Waals surface area contributed by atoms with Crippen LogP contribution in [0, 0.1) is 0 Å². The number of hydrogen-bond acceptors (Lipinski definition) is 2. The fourth-order valence-corrected chi connectivity index (χ4v) is 2.95. The van der Waals surface area contributed by atoms with Crippen molar-refractivity contribution < 1.29 is 13.6 Å². The Morgan fingerprint density at radius 3 is 2.36 bits per heavy atom. The summed E-state index contributed by atoms with van der Waals surface area (Å²) in [5, 5.41) is 3.38. The summed E-state index contributed by atoms with van der Waals surface area (Å²) < 4.78 is 25.0. The van der Waals surface area contributed by atoms with Crippen LogP contribution < -0.4 is 5.32 Å². The number of alkyl halides is 2. The normalized spacial score (nSPS) is 10.8. The van der Waals surface area contributed by atoms with Gasteiger partial charge in [0, 0.05) is 14.9 Å². The third-order valence-electron chi connectivity index (χ3n) is 2.78. The Bertz CT molecular complexity index is 662. The number of nitrogens with one attached hydrogen (secondary N) is 1. The van der Waals surface area contributed by atoms with E-state index in [1.807, 2.05) is 0 Å². The summed E-state index contributed by atoms with van der Waals surface area (Å²) in [6, 6.07) is 11.3. The fraction of sp³-hybridized carbons (Fsp3) is 0.133. The highest BCUT2D eigenvalue weighted by Gasteiger charge is 2.14. The van der Waals surface area contributed by atoms with Crippen molar-refractivity contribution >= 4 is 46.6 Å². The molecule has 0 heterocycles. The van der Waals surface area contributed by atoms with Crippen LogP contribution in [0.15, 0.2) is 47.4 Å². The number of thioether (sulfide) groups is 1. The molecule has 0 unspecified atom stereocenters. The van der Waals surface area contributed by atoms with Gasteiger partial charge in [0.1, 0.15) is 0 Å². The number of carbonyl (C=O) groups excluding carboxylic acids is 1. The molecule has 0 spiro atoms. The lowest BCUT2D eigenvalue weighted by molar-refractivity contribution is -0.115. The third-order valence-corrected chi connectivity index (χ3v) is 4.27. The second-order valence-corrected chi connectivity index (χ2v) is 6.15. The number of rotatable bonds is 5. The van der Waals surface area contributed by atoms with Crippen molar-refractivity contribution in [1.29, 1.82) is 0 Å². The molecule has 0 bridgehead atoms. The minimum absolute atomic E-state index is 0.0355. The first-order chi connectivity index (χ1) is 10.5. The van der Waals surface area contributed by atoms with Crippen molar-refractivity contribution in [1.82, 2.24) is 0 Å². The van der Waals surface area contributed by atoms with E-state index in [0.29, 0.717) is 38.0 Å². The van der Waals surface area contributed by atoms with E-state index >= 15 is 0 Å². The smallest absolute Gasteiger partial charge is 0.288 e. The van der Waals surface area contributed by atoms with Gasteiger partial charge in [0.05, 0.1) is 12.1 Å². The second kappa shape index (κ2) is 7.81. The standard InChI is InChI=1S/C15H11Cl2F2NOS/c16-10-4-3-5-11(17)9(10)8-14(21)20-12-6-1-2-7-13(12)22-15(18)19/h1-7,15H,8H2,(H,20,21). The first-order valence-corrected chi connectivity index (χ1v) is 7.87. The molecule has 116 valence electrons. The molecule has 0 atom stereocenters. The van der Waals surface area contributed by atoms with Gasteiger partial charge in [0.25, 0.3) is 5.76 Å². The van der Waals surface area contributed by atoms with Gasteiger partial charge in [-0.3, -0.25) is 4.79 Å². The summed E-state index contributed by atoms with van der Waals surface area (Å²) in [5.41, 5.74) is 0.836. The van der Waals surface area contributed by atoms with Gasteiger partial charge in [0.15, 0.2) is 0 Å². The summed E-state index contributed by atoms with van der Waals surface area (Å²) >= 11 is 12.4. The molecule has 2 aromatic rings. The van der Waals surface area contributed by atoms with E-state index in [-0.39, 0.29) is 12.3 Å². The summed E-state index contributed by atoms with van der Waals surface area (Å²) in [4.78, 5) is 12.4. The maximum Gasteiger partial charge on any atom is 0.288 e. The minimum Gasteiger partial charge on any atom is -0.325 e. The molecule has 7 heteroatoms. The second-order valence-electron chi connectivity index (χ2n) is 4.30. The summed E-state index contributed by atoms with van der Waals surface area (Å²) in [6.45, 7) is 0. The van der Waals surface area contributed by atoms with Gasteiger partial charge >= 0.3 is 0 Å². The third kappa shape index (κ3) is 4.60. The molecule has 1 N–H and O–H groups in total. The van der Waals surface area contributed by atoms with Crippen molar-refractivity contribution in [2.45, 2.75) is 17.1 Å². The van der Waals surface area contributed by atoms with Crippen LogP contribution in [-0.2, 0) is 11.2 Å². The topological polar surface area (TPSA) is 29.1 Å². The monoisotopic (exact) mass is 361 g/mol. The zero-order chi connectivity index (χ0) is 16.1. The number of para-hydroxylation sites is 1. The number of hydrogen-bond donors (Lipinski definition) is 1. The number of halogens is 4.